The lowest BCUT2D eigenvalue weighted by atomic mass is 10.1. The van der Waals surface area contributed by atoms with Gasteiger partial charge in [-0.1, -0.05) is 0 Å². The largest absolute Gasteiger partial charge is 0.309 e. The normalized spacial score (nSPS) is 12.0. The van der Waals surface area contributed by atoms with Gasteiger partial charge in [0.25, 0.3) is 0 Å². The maximum absolute atomic E-state index is 8.35. The van der Waals surface area contributed by atoms with Gasteiger partial charge in [0, 0.05) is 31.4 Å². The van der Waals surface area contributed by atoms with Crippen molar-refractivity contribution in [2.24, 2.45) is 0 Å². The van der Waals surface area contributed by atoms with Gasteiger partial charge in [-0.15, -0.1) is 0 Å². The van der Waals surface area contributed by atoms with Gasteiger partial charge in [0.1, 0.15) is 0 Å². The number of aromatic nitrogens is 1. The lowest BCUT2D eigenvalue weighted by Crippen LogP contribution is -2.19. The Morgan fingerprint density at radius 1 is 1.54 bits per heavy atom. The number of pyridine rings is 1. The van der Waals surface area contributed by atoms with E-state index in [9.17, 15) is 0 Å². The third kappa shape index (κ3) is 3.22. The Hall–Kier alpha value is -1.40. The van der Waals surface area contributed by atoms with Gasteiger partial charge in [0.2, 0.25) is 0 Å². The first-order valence-corrected chi connectivity index (χ1v) is 4.35. The van der Waals surface area contributed by atoms with Gasteiger partial charge < -0.3 is 5.32 Å². The lowest BCUT2D eigenvalue weighted by Gasteiger charge is -2.12. The maximum atomic E-state index is 8.35. The first-order valence-electron chi connectivity index (χ1n) is 4.35. The van der Waals surface area contributed by atoms with Crippen molar-refractivity contribution in [1.82, 2.24) is 10.3 Å². The third-order valence-electron chi connectivity index (χ3n) is 1.89. The molecule has 0 bridgehead atoms. The van der Waals surface area contributed by atoms with Gasteiger partial charge in [-0.3, -0.25) is 4.98 Å². The average Bonchev–Trinajstić information content (AvgIpc) is 2.19. The van der Waals surface area contributed by atoms with Crippen LogP contribution in [0, 0.1) is 11.3 Å². The van der Waals surface area contributed by atoms with E-state index in [0.717, 1.165) is 6.54 Å². The second kappa shape index (κ2) is 5.28. The van der Waals surface area contributed by atoms with Crippen molar-refractivity contribution in [3.63, 3.8) is 0 Å². The summed E-state index contributed by atoms with van der Waals surface area (Å²) in [5.74, 6) is 0. The van der Waals surface area contributed by atoms with Crippen LogP contribution in [0.4, 0.5) is 0 Å². The molecule has 13 heavy (non-hydrogen) atoms. The SMILES string of the molecule is C[C@H](NCCC#N)c1ccncc1. The summed E-state index contributed by atoms with van der Waals surface area (Å²) in [5.41, 5.74) is 1.20. The summed E-state index contributed by atoms with van der Waals surface area (Å²) in [4.78, 5) is 3.94. The van der Waals surface area contributed by atoms with Crippen LogP contribution in [0.5, 0.6) is 0 Å². The first-order chi connectivity index (χ1) is 6.34. The Kier molecular flexibility index (Phi) is 3.94. The minimum atomic E-state index is 0.288. The molecule has 68 valence electrons. The van der Waals surface area contributed by atoms with Crippen LogP contribution in [0.3, 0.4) is 0 Å². The van der Waals surface area contributed by atoms with Gasteiger partial charge in [-0.2, -0.15) is 5.26 Å². The Bertz CT molecular complexity index is 276. The lowest BCUT2D eigenvalue weighted by molar-refractivity contribution is 0.582. The topological polar surface area (TPSA) is 48.7 Å². The minimum Gasteiger partial charge on any atom is -0.309 e. The number of nitriles is 1. The van der Waals surface area contributed by atoms with E-state index in [1.165, 1.54) is 5.56 Å². The van der Waals surface area contributed by atoms with E-state index < -0.39 is 0 Å². The molecule has 0 radical (unpaired) electrons. The highest BCUT2D eigenvalue weighted by Crippen LogP contribution is 2.09. The van der Waals surface area contributed by atoms with Crippen molar-refractivity contribution < 1.29 is 0 Å². The molecule has 0 amide bonds. The summed E-state index contributed by atoms with van der Waals surface area (Å²) >= 11 is 0. The third-order valence-corrected chi connectivity index (χ3v) is 1.89. The molecule has 0 unspecified atom stereocenters. The molecule has 0 saturated heterocycles. The van der Waals surface area contributed by atoms with Crippen LogP contribution < -0.4 is 5.32 Å². The Morgan fingerprint density at radius 2 is 2.23 bits per heavy atom. The molecule has 1 heterocycles. The molecular weight excluding hydrogens is 162 g/mol. The van der Waals surface area contributed by atoms with Crippen LogP contribution >= 0.6 is 0 Å². The fraction of sp³-hybridized carbons (Fsp3) is 0.400. The van der Waals surface area contributed by atoms with Gasteiger partial charge >= 0.3 is 0 Å². The summed E-state index contributed by atoms with van der Waals surface area (Å²) < 4.78 is 0. The van der Waals surface area contributed by atoms with Crippen LogP contribution in [-0.2, 0) is 0 Å². The summed E-state index contributed by atoms with van der Waals surface area (Å²) in [7, 11) is 0. The second-order valence-electron chi connectivity index (χ2n) is 2.86. The molecule has 0 fully saturated rings. The smallest absolute Gasteiger partial charge is 0.0635 e. The standard InChI is InChI=1S/C10H13N3/c1-9(13-6-2-5-11)10-3-7-12-8-4-10/h3-4,7-9,13H,2,6H2,1H3/t9-/m0/s1. The first kappa shape index (κ1) is 9.69. The number of rotatable bonds is 4. The van der Waals surface area contributed by atoms with Crippen LogP contribution in [0.1, 0.15) is 24.9 Å². The zero-order valence-electron chi connectivity index (χ0n) is 7.70. The van der Waals surface area contributed by atoms with Gasteiger partial charge in [-0.25, -0.2) is 0 Å². The van der Waals surface area contributed by atoms with E-state index >= 15 is 0 Å². The highest BCUT2D eigenvalue weighted by Gasteiger charge is 2.01. The number of hydrogen-bond donors (Lipinski definition) is 1. The summed E-state index contributed by atoms with van der Waals surface area (Å²) in [6, 6.07) is 6.34. The molecule has 0 aliphatic rings. The molecule has 3 nitrogen and oxygen atoms in total. The van der Waals surface area contributed by atoms with Crippen molar-refractivity contribution in [1.29, 1.82) is 5.26 Å². The molecule has 1 aromatic heterocycles. The van der Waals surface area contributed by atoms with Gasteiger partial charge in [0.05, 0.1) is 6.07 Å². The maximum Gasteiger partial charge on any atom is 0.0635 e. The molecule has 0 aliphatic heterocycles. The van der Waals surface area contributed by atoms with Crippen molar-refractivity contribution in [3.8, 4) is 6.07 Å². The van der Waals surface area contributed by atoms with E-state index in [1.54, 1.807) is 12.4 Å². The van der Waals surface area contributed by atoms with Crippen molar-refractivity contribution in [3.05, 3.63) is 30.1 Å². The predicted molar refractivity (Wildman–Crippen MR) is 50.9 cm³/mol. The highest BCUT2D eigenvalue weighted by atomic mass is 14.9. The Balaban J connectivity index is 2.41. The fourth-order valence-electron chi connectivity index (χ4n) is 1.11. The molecule has 1 aromatic rings. The van der Waals surface area contributed by atoms with Crippen LogP contribution in [0.15, 0.2) is 24.5 Å². The van der Waals surface area contributed by atoms with Crippen LogP contribution in [0.2, 0.25) is 0 Å². The Labute approximate surface area is 78.4 Å². The zero-order chi connectivity index (χ0) is 9.52. The number of hydrogen-bond acceptors (Lipinski definition) is 3. The van der Waals surface area contributed by atoms with Crippen molar-refractivity contribution in [2.75, 3.05) is 6.54 Å². The number of nitrogens with one attached hydrogen (secondary N) is 1. The monoisotopic (exact) mass is 175 g/mol. The zero-order valence-corrected chi connectivity index (χ0v) is 7.70. The number of nitrogens with zero attached hydrogens (tertiary/aromatic N) is 2. The minimum absolute atomic E-state index is 0.288. The summed E-state index contributed by atoms with van der Waals surface area (Å²) in [5, 5.41) is 11.6. The summed E-state index contributed by atoms with van der Waals surface area (Å²) in [6.45, 7) is 2.81. The molecule has 1 atom stereocenters. The Morgan fingerprint density at radius 3 is 2.85 bits per heavy atom. The molecule has 0 aliphatic carbocycles. The fourth-order valence-corrected chi connectivity index (χ4v) is 1.11. The molecular formula is C10H13N3. The van der Waals surface area contributed by atoms with Crippen molar-refractivity contribution >= 4 is 0 Å². The van der Waals surface area contributed by atoms with Gasteiger partial charge in [0.15, 0.2) is 0 Å². The van der Waals surface area contributed by atoms with Gasteiger partial charge in [-0.05, 0) is 24.6 Å². The van der Waals surface area contributed by atoms with Crippen molar-refractivity contribution in [2.45, 2.75) is 19.4 Å². The molecule has 0 saturated carbocycles. The molecule has 0 spiro atoms. The predicted octanol–water partition coefficient (Wildman–Crippen LogP) is 1.65. The molecule has 1 rings (SSSR count). The second-order valence-corrected chi connectivity index (χ2v) is 2.86. The van der Waals surface area contributed by atoms with E-state index in [0.29, 0.717) is 6.42 Å². The van der Waals surface area contributed by atoms with E-state index in [1.807, 2.05) is 12.1 Å². The van der Waals surface area contributed by atoms with E-state index in [2.05, 4.69) is 23.3 Å². The molecule has 1 N–H and O–H groups in total. The quantitative estimate of drug-likeness (QED) is 0.708. The van der Waals surface area contributed by atoms with E-state index in [4.69, 9.17) is 5.26 Å². The highest BCUT2D eigenvalue weighted by molar-refractivity contribution is 5.13. The molecule has 0 aromatic carbocycles. The molecule has 3 heteroatoms. The summed E-state index contributed by atoms with van der Waals surface area (Å²) in [6.07, 6.45) is 4.10. The van der Waals surface area contributed by atoms with Crippen LogP contribution in [0.25, 0.3) is 0 Å². The average molecular weight is 175 g/mol. The van der Waals surface area contributed by atoms with E-state index in [-0.39, 0.29) is 6.04 Å². The van der Waals surface area contributed by atoms with Crippen LogP contribution in [-0.4, -0.2) is 11.5 Å².